The van der Waals surface area contributed by atoms with Crippen molar-refractivity contribution in [1.82, 2.24) is 26.6 Å². The van der Waals surface area contributed by atoms with Gasteiger partial charge in [-0.2, -0.15) is 0 Å². The third-order valence-electron chi connectivity index (χ3n) is 3.43. The number of likely N-dealkylation sites (N-methyl/N-ethyl adjacent to an activating group) is 2. The smallest absolute Gasteiger partial charge is 0.242 e. The first-order valence-corrected chi connectivity index (χ1v) is 8.44. The maximum Gasteiger partial charge on any atom is 0.242 e. The number of carbonyl (C=O) groups excluding carboxylic acids is 5. The maximum absolute atomic E-state index is 12.2. The van der Waals surface area contributed by atoms with Gasteiger partial charge in [-0.25, -0.2) is 0 Å². The maximum atomic E-state index is 12.2. The van der Waals surface area contributed by atoms with E-state index < -0.39 is 35.8 Å². The van der Waals surface area contributed by atoms with Crippen LogP contribution < -0.4 is 26.6 Å². The fourth-order valence-corrected chi connectivity index (χ4v) is 1.97. The lowest BCUT2D eigenvalue weighted by Gasteiger charge is -2.21. The highest BCUT2D eigenvalue weighted by Crippen LogP contribution is 1.96. The monoisotopic (exact) mass is 371 g/mol. The molecule has 0 radical (unpaired) electrons. The second kappa shape index (κ2) is 12.0. The number of hydrogen-bond acceptors (Lipinski definition) is 6. The average Bonchev–Trinajstić information content (AvgIpc) is 2.57. The molecule has 0 rings (SSSR count). The van der Waals surface area contributed by atoms with Gasteiger partial charge < -0.3 is 26.6 Å². The molecule has 0 aliphatic carbocycles. The number of nitrogens with one attached hydrogen (secondary N) is 5. The Hall–Kier alpha value is -2.49. The molecule has 4 amide bonds. The van der Waals surface area contributed by atoms with Crippen LogP contribution in [0.25, 0.3) is 0 Å². The molecule has 148 valence electrons. The molecule has 0 unspecified atom stereocenters. The summed E-state index contributed by atoms with van der Waals surface area (Å²) in [7, 11) is 1.39. The molecule has 0 fully saturated rings. The van der Waals surface area contributed by atoms with Crippen LogP contribution in [-0.4, -0.2) is 67.7 Å². The molecular weight excluding hydrogens is 342 g/mol. The quantitative estimate of drug-likeness (QED) is 0.279. The van der Waals surface area contributed by atoms with Crippen LogP contribution in [0.1, 0.15) is 34.1 Å². The van der Waals surface area contributed by atoms with E-state index in [-0.39, 0.29) is 24.7 Å². The third-order valence-corrected chi connectivity index (χ3v) is 3.43. The van der Waals surface area contributed by atoms with Crippen LogP contribution in [0.5, 0.6) is 0 Å². The van der Waals surface area contributed by atoms with Gasteiger partial charge in [-0.1, -0.05) is 6.92 Å². The highest BCUT2D eigenvalue weighted by atomic mass is 16.2. The zero-order valence-electron chi connectivity index (χ0n) is 15.9. The second-order valence-corrected chi connectivity index (χ2v) is 5.88. The number of ketones is 1. The Bertz CT molecular complexity index is 537. The molecule has 0 saturated heterocycles. The summed E-state index contributed by atoms with van der Waals surface area (Å²) in [4.78, 5) is 58.8. The van der Waals surface area contributed by atoms with Crippen LogP contribution in [-0.2, 0) is 24.0 Å². The molecule has 0 heterocycles. The molecule has 0 aromatic rings. The SMILES string of the molecule is CCNCC(=O)N[C@@H](C)C(=O)N[C@H](C)C(=O)N[C@H](CC(C)=O)C(=O)NC. The number of rotatable bonds is 11. The van der Waals surface area contributed by atoms with E-state index in [0.29, 0.717) is 6.54 Å². The van der Waals surface area contributed by atoms with Crippen molar-refractivity contribution in [3.8, 4) is 0 Å². The first-order valence-electron chi connectivity index (χ1n) is 8.44. The van der Waals surface area contributed by atoms with Gasteiger partial charge in [0, 0.05) is 13.5 Å². The highest BCUT2D eigenvalue weighted by Gasteiger charge is 2.26. The standard InChI is InChI=1S/C16H29N5O5/c1-6-18-8-13(23)19-10(3)14(24)20-11(4)15(25)21-12(7-9(2)22)16(26)17-5/h10-12,18H,6-8H2,1-5H3,(H,17,26)(H,19,23)(H,20,24)(H,21,25)/t10-,11+,12+/m0/s1. The van der Waals surface area contributed by atoms with Gasteiger partial charge in [0.1, 0.15) is 23.9 Å². The van der Waals surface area contributed by atoms with Crippen LogP contribution in [0.3, 0.4) is 0 Å². The van der Waals surface area contributed by atoms with Gasteiger partial charge in [-0.3, -0.25) is 24.0 Å². The Balaban J connectivity index is 4.62. The Labute approximate surface area is 153 Å². The Kier molecular flexibility index (Phi) is 10.8. The molecule has 0 saturated carbocycles. The van der Waals surface area contributed by atoms with E-state index >= 15 is 0 Å². The fraction of sp³-hybridized carbons (Fsp3) is 0.688. The number of Topliss-reactive ketones (excluding diaryl/α,β-unsaturated/α-hetero) is 1. The minimum absolute atomic E-state index is 0.0863. The average molecular weight is 371 g/mol. The Morgan fingerprint density at radius 1 is 0.846 bits per heavy atom. The van der Waals surface area contributed by atoms with Crippen molar-refractivity contribution in [3.63, 3.8) is 0 Å². The first kappa shape index (κ1) is 23.5. The van der Waals surface area contributed by atoms with Crippen molar-refractivity contribution in [2.24, 2.45) is 0 Å². The van der Waals surface area contributed by atoms with E-state index in [4.69, 9.17) is 0 Å². The van der Waals surface area contributed by atoms with Gasteiger partial charge in [-0.15, -0.1) is 0 Å². The predicted octanol–water partition coefficient (Wildman–Crippen LogP) is -2.18. The fourth-order valence-electron chi connectivity index (χ4n) is 1.97. The second-order valence-electron chi connectivity index (χ2n) is 5.88. The van der Waals surface area contributed by atoms with Gasteiger partial charge in [0.05, 0.1) is 6.54 Å². The number of hydrogen-bond donors (Lipinski definition) is 5. The van der Waals surface area contributed by atoms with Crippen LogP contribution in [0.2, 0.25) is 0 Å². The summed E-state index contributed by atoms with van der Waals surface area (Å²) in [5.74, 6) is -2.25. The third kappa shape index (κ3) is 9.11. The summed E-state index contributed by atoms with van der Waals surface area (Å²) < 4.78 is 0. The molecule has 5 N–H and O–H groups in total. The first-order chi connectivity index (χ1) is 12.1. The number of amides is 4. The van der Waals surface area contributed by atoms with Crippen LogP contribution in [0.4, 0.5) is 0 Å². The Morgan fingerprint density at radius 2 is 1.38 bits per heavy atom. The van der Waals surface area contributed by atoms with Gasteiger partial charge in [0.15, 0.2) is 0 Å². The number of carbonyl (C=O) groups is 5. The molecule has 3 atom stereocenters. The van der Waals surface area contributed by atoms with E-state index in [9.17, 15) is 24.0 Å². The summed E-state index contributed by atoms with van der Waals surface area (Å²) >= 11 is 0. The molecule has 10 heteroatoms. The van der Waals surface area contributed by atoms with E-state index in [0.717, 1.165) is 0 Å². The molecule has 0 aliphatic heterocycles. The highest BCUT2D eigenvalue weighted by molar-refractivity contribution is 5.95. The molecule has 0 bridgehead atoms. The normalized spacial score (nSPS) is 13.7. The lowest BCUT2D eigenvalue weighted by atomic mass is 10.1. The van der Waals surface area contributed by atoms with Gasteiger partial charge in [0.25, 0.3) is 0 Å². The Morgan fingerprint density at radius 3 is 1.88 bits per heavy atom. The van der Waals surface area contributed by atoms with Gasteiger partial charge in [0.2, 0.25) is 23.6 Å². The predicted molar refractivity (Wildman–Crippen MR) is 95.0 cm³/mol. The molecule has 10 nitrogen and oxygen atoms in total. The molecular formula is C16H29N5O5. The lowest BCUT2D eigenvalue weighted by Crippen LogP contribution is -2.55. The van der Waals surface area contributed by atoms with Crippen molar-refractivity contribution < 1.29 is 24.0 Å². The van der Waals surface area contributed by atoms with Crippen molar-refractivity contribution >= 4 is 29.4 Å². The zero-order valence-corrected chi connectivity index (χ0v) is 15.9. The van der Waals surface area contributed by atoms with Crippen LogP contribution in [0.15, 0.2) is 0 Å². The minimum Gasteiger partial charge on any atom is -0.357 e. The lowest BCUT2D eigenvalue weighted by molar-refractivity contribution is -0.133. The van der Waals surface area contributed by atoms with Crippen LogP contribution in [0, 0.1) is 0 Å². The largest absolute Gasteiger partial charge is 0.357 e. The summed E-state index contributed by atoms with van der Waals surface area (Å²) in [6, 6.07) is -2.79. The summed E-state index contributed by atoms with van der Waals surface area (Å²) in [6.07, 6.45) is -0.150. The summed E-state index contributed by atoms with van der Waals surface area (Å²) in [6.45, 7) is 6.80. The summed E-state index contributed by atoms with van der Waals surface area (Å²) in [5, 5.41) is 12.6. The van der Waals surface area contributed by atoms with Crippen molar-refractivity contribution in [2.75, 3.05) is 20.1 Å². The van der Waals surface area contributed by atoms with E-state index in [1.807, 2.05) is 6.92 Å². The van der Waals surface area contributed by atoms with Gasteiger partial charge in [-0.05, 0) is 27.3 Å². The van der Waals surface area contributed by atoms with Crippen LogP contribution >= 0.6 is 0 Å². The van der Waals surface area contributed by atoms with E-state index in [1.165, 1.54) is 27.8 Å². The van der Waals surface area contributed by atoms with Crippen molar-refractivity contribution in [3.05, 3.63) is 0 Å². The topological polar surface area (TPSA) is 146 Å². The van der Waals surface area contributed by atoms with Gasteiger partial charge >= 0.3 is 0 Å². The van der Waals surface area contributed by atoms with E-state index in [1.54, 1.807) is 0 Å². The molecule has 0 spiro atoms. The molecule has 26 heavy (non-hydrogen) atoms. The summed E-state index contributed by atoms with van der Waals surface area (Å²) in [5.41, 5.74) is 0. The minimum atomic E-state index is -1.01. The zero-order chi connectivity index (χ0) is 20.3. The molecule has 0 aromatic heterocycles. The van der Waals surface area contributed by atoms with Crippen molar-refractivity contribution in [1.29, 1.82) is 0 Å². The van der Waals surface area contributed by atoms with E-state index in [2.05, 4.69) is 26.6 Å². The molecule has 0 aromatic carbocycles. The molecule has 0 aliphatic rings. The van der Waals surface area contributed by atoms with Crippen molar-refractivity contribution in [2.45, 2.75) is 52.2 Å².